The number of carbonyl (C=O) groups excluding carboxylic acids is 4. The number of β-amino-alcohol motifs (C(OH)–C–C–N with tert-alkyl or cyclic N) is 1. The number of rotatable bonds is 10. The number of benzene rings is 1. The van der Waals surface area contributed by atoms with Crippen molar-refractivity contribution in [1.29, 1.82) is 0 Å². The van der Waals surface area contributed by atoms with Gasteiger partial charge in [0.1, 0.15) is 12.1 Å². The zero-order chi connectivity index (χ0) is 34.5. The molecule has 1 aromatic heterocycles. The largest absolute Gasteiger partial charge is 0.465 e. The third kappa shape index (κ3) is 9.28. The van der Waals surface area contributed by atoms with Crippen molar-refractivity contribution in [2.24, 2.45) is 5.41 Å². The van der Waals surface area contributed by atoms with Crippen molar-refractivity contribution in [3.8, 4) is 10.4 Å². The lowest BCUT2D eigenvalue weighted by Crippen LogP contribution is -2.58. The topological polar surface area (TPSA) is 181 Å². The summed E-state index contributed by atoms with van der Waals surface area (Å²) in [6.45, 7) is 9.89. The molecule has 2 fully saturated rings. The average Bonchev–Trinajstić information content (AvgIpc) is 3.62. The summed E-state index contributed by atoms with van der Waals surface area (Å²) >= 11 is 1.56. The number of thiazole rings is 1. The van der Waals surface area contributed by atoms with Gasteiger partial charge in [0.2, 0.25) is 23.6 Å². The van der Waals surface area contributed by atoms with E-state index in [1.165, 1.54) is 4.90 Å². The summed E-state index contributed by atoms with van der Waals surface area (Å²) in [4.78, 5) is 72.5. The van der Waals surface area contributed by atoms with E-state index in [0.717, 1.165) is 21.7 Å². The van der Waals surface area contributed by atoms with Crippen molar-refractivity contribution >= 4 is 41.1 Å². The molecule has 2 aliphatic heterocycles. The maximum absolute atomic E-state index is 13.9. The van der Waals surface area contributed by atoms with E-state index in [-0.39, 0.29) is 50.3 Å². The molecule has 0 bridgehead atoms. The average molecular weight is 671 g/mol. The fourth-order valence-corrected chi connectivity index (χ4v) is 6.93. The Balaban J connectivity index is 1.36. The molecule has 0 radical (unpaired) electrons. The van der Waals surface area contributed by atoms with Crippen LogP contribution in [0.3, 0.4) is 0 Å². The molecule has 13 nitrogen and oxygen atoms in total. The second kappa shape index (κ2) is 15.2. The molecule has 1 aromatic carbocycles. The van der Waals surface area contributed by atoms with Crippen LogP contribution >= 0.6 is 11.3 Å². The number of aliphatic hydroxyl groups is 1. The van der Waals surface area contributed by atoms with Gasteiger partial charge in [0, 0.05) is 44.9 Å². The van der Waals surface area contributed by atoms with Crippen LogP contribution in [0, 0.1) is 12.3 Å². The van der Waals surface area contributed by atoms with Gasteiger partial charge in [-0.2, -0.15) is 0 Å². The van der Waals surface area contributed by atoms with Crippen molar-refractivity contribution < 1.29 is 34.2 Å². The number of nitrogens with zero attached hydrogens (tertiary/aromatic N) is 3. The first-order valence-electron chi connectivity index (χ1n) is 16.0. The summed E-state index contributed by atoms with van der Waals surface area (Å²) in [6, 6.07) is 5.20. The second-order valence-electron chi connectivity index (χ2n) is 13.5. The van der Waals surface area contributed by atoms with Crippen LogP contribution in [-0.2, 0) is 19.2 Å². The summed E-state index contributed by atoms with van der Waals surface area (Å²) in [5.41, 5.74) is 3.94. The lowest BCUT2D eigenvalue weighted by atomic mass is 9.85. The minimum Gasteiger partial charge on any atom is -0.465 e. The first-order valence-corrected chi connectivity index (χ1v) is 16.9. The highest BCUT2D eigenvalue weighted by molar-refractivity contribution is 7.13. The molecule has 2 aliphatic rings. The molecular formula is C33H46N6O7S. The third-order valence-electron chi connectivity index (χ3n) is 8.73. The first-order chi connectivity index (χ1) is 22.1. The fraction of sp³-hybridized carbons (Fsp3) is 0.576. The van der Waals surface area contributed by atoms with Gasteiger partial charge < -0.3 is 36.0 Å². The highest BCUT2D eigenvalue weighted by Gasteiger charge is 2.44. The normalized spacial score (nSPS) is 21.1. The zero-order valence-electron chi connectivity index (χ0n) is 27.6. The molecule has 0 spiro atoms. The molecule has 2 aromatic rings. The highest BCUT2D eigenvalue weighted by Crippen LogP contribution is 2.29. The molecule has 3 heterocycles. The Hall–Kier alpha value is -4.04. The molecule has 5 atom stereocenters. The molecule has 2 saturated heterocycles. The molecule has 5 amide bonds. The number of likely N-dealkylation sites (tertiary alicyclic amines) is 2. The van der Waals surface area contributed by atoms with E-state index in [1.54, 1.807) is 42.5 Å². The van der Waals surface area contributed by atoms with E-state index in [2.05, 4.69) is 20.9 Å². The van der Waals surface area contributed by atoms with E-state index in [1.807, 2.05) is 38.1 Å². The van der Waals surface area contributed by atoms with E-state index >= 15 is 0 Å². The molecule has 0 saturated carbocycles. The van der Waals surface area contributed by atoms with Crippen LogP contribution in [0.25, 0.3) is 10.4 Å². The molecule has 256 valence electrons. The van der Waals surface area contributed by atoms with Gasteiger partial charge in [-0.05, 0) is 43.2 Å². The Morgan fingerprint density at radius 2 is 1.77 bits per heavy atom. The number of hydrogen-bond acceptors (Lipinski definition) is 8. The number of carbonyl (C=O) groups is 5. The van der Waals surface area contributed by atoms with Gasteiger partial charge in [-0.15, -0.1) is 11.3 Å². The Kier molecular flexibility index (Phi) is 11.6. The Morgan fingerprint density at radius 1 is 1.06 bits per heavy atom. The van der Waals surface area contributed by atoms with Gasteiger partial charge in [0.05, 0.1) is 28.2 Å². The number of aryl methyl sites for hydroxylation is 1. The second-order valence-corrected chi connectivity index (χ2v) is 14.4. The maximum atomic E-state index is 13.9. The van der Waals surface area contributed by atoms with Gasteiger partial charge >= 0.3 is 6.09 Å². The van der Waals surface area contributed by atoms with Crippen molar-refractivity contribution in [2.45, 2.75) is 97.0 Å². The highest BCUT2D eigenvalue weighted by atomic mass is 32.1. The van der Waals surface area contributed by atoms with Gasteiger partial charge in [-0.25, -0.2) is 9.78 Å². The van der Waals surface area contributed by atoms with Crippen LogP contribution in [0.15, 0.2) is 29.8 Å². The monoisotopic (exact) mass is 670 g/mol. The van der Waals surface area contributed by atoms with Crippen LogP contribution < -0.4 is 16.0 Å². The predicted molar refractivity (Wildman–Crippen MR) is 176 cm³/mol. The standard InChI is InChI=1S/C33H46N6O7S/c1-19(21-8-10-22(11-9-21)28-20(2)34-18-47-28)35-30(43)25-15-24(40)17-39(25)31(44)29(33(3,4)5)37-26(41)12-13-27(42)38-14-6-7-23(16-38)36-32(45)46/h8-11,18-19,23-25,29,36,40H,6-7,12-17H2,1-5H3,(H,35,43)(H,37,41)(H,45,46)/t19-,23+,24+,25-,29+/m0/s1. The minimum absolute atomic E-state index is 0.0460. The number of hydrogen-bond donors (Lipinski definition) is 5. The number of nitrogens with one attached hydrogen (secondary N) is 3. The van der Waals surface area contributed by atoms with E-state index < -0.39 is 47.4 Å². The van der Waals surface area contributed by atoms with Crippen molar-refractivity contribution in [1.82, 2.24) is 30.7 Å². The smallest absolute Gasteiger partial charge is 0.404 e. The van der Waals surface area contributed by atoms with Crippen LogP contribution in [0.2, 0.25) is 0 Å². The van der Waals surface area contributed by atoms with Crippen molar-refractivity contribution in [2.75, 3.05) is 19.6 Å². The van der Waals surface area contributed by atoms with Crippen LogP contribution in [0.5, 0.6) is 0 Å². The van der Waals surface area contributed by atoms with Crippen LogP contribution in [0.1, 0.15) is 77.1 Å². The first kappa shape index (κ1) is 35.8. The van der Waals surface area contributed by atoms with Crippen LogP contribution in [-0.4, -0.2) is 98.6 Å². The summed E-state index contributed by atoms with van der Waals surface area (Å²) in [6.07, 6.45) is -0.932. The molecule has 4 rings (SSSR count). The van der Waals surface area contributed by atoms with Gasteiger partial charge in [0.25, 0.3) is 0 Å². The van der Waals surface area contributed by atoms with Crippen molar-refractivity contribution in [3.63, 3.8) is 0 Å². The molecular weight excluding hydrogens is 624 g/mol. The van der Waals surface area contributed by atoms with Crippen LogP contribution in [0.4, 0.5) is 4.79 Å². The van der Waals surface area contributed by atoms with E-state index in [9.17, 15) is 29.1 Å². The lowest BCUT2D eigenvalue weighted by molar-refractivity contribution is -0.144. The van der Waals surface area contributed by atoms with E-state index in [0.29, 0.717) is 19.4 Å². The van der Waals surface area contributed by atoms with Gasteiger partial charge in [-0.3, -0.25) is 19.2 Å². The lowest BCUT2D eigenvalue weighted by Gasteiger charge is -2.35. The fourth-order valence-electron chi connectivity index (χ4n) is 6.12. The number of amides is 5. The van der Waals surface area contributed by atoms with Gasteiger partial charge in [0.15, 0.2) is 0 Å². The Labute approximate surface area is 279 Å². The quantitative estimate of drug-likeness (QED) is 0.256. The summed E-state index contributed by atoms with van der Waals surface area (Å²) in [7, 11) is 0. The summed E-state index contributed by atoms with van der Waals surface area (Å²) < 4.78 is 0. The number of carboxylic acid groups (broad SMARTS) is 1. The number of piperidine rings is 1. The molecule has 14 heteroatoms. The Morgan fingerprint density at radius 3 is 2.38 bits per heavy atom. The molecule has 5 N–H and O–H groups in total. The number of aliphatic hydroxyl groups excluding tert-OH is 1. The SMILES string of the molecule is Cc1ncsc1-c1ccc([C@H](C)NC(=O)[C@@H]2C[C@@H](O)CN2C(=O)[C@@H](NC(=O)CCC(=O)N2CCC[C@@H](NC(=O)O)C2)C(C)(C)C)cc1. The molecule has 0 unspecified atom stereocenters. The predicted octanol–water partition coefficient (Wildman–Crippen LogP) is 2.83. The third-order valence-corrected chi connectivity index (χ3v) is 9.71. The minimum atomic E-state index is -1.14. The summed E-state index contributed by atoms with van der Waals surface area (Å²) in [5.74, 6) is -1.64. The van der Waals surface area contributed by atoms with Crippen molar-refractivity contribution in [3.05, 3.63) is 41.0 Å². The number of aromatic nitrogens is 1. The maximum Gasteiger partial charge on any atom is 0.404 e. The van der Waals surface area contributed by atoms with E-state index in [4.69, 9.17) is 5.11 Å². The Bertz CT molecular complexity index is 1460. The molecule has 47 heavy (non-hydrogen) atoms. The molecule has 0 aliphatic carbocycles. The van der Waals surface area contributed by atoms with Gasteiger partial charge in [-0.1, -0.05) is 45.0 Å². The summed E-state index contributed by atoms with van der Waals surface area (Å²) in [5, 5.41) is 27.7. The zero-order valence-corrected chi connectivity index (χ0v) is 28.4.